The van der Waals surface area contributed by atoms with Gasteiger partial charge in [0.2, 0.25) is 5.91 Å². The Hall–Kier alpha value is -2.93. The highest BCUT2D eigenvalue weighted by molar-refractivity contribution is 7.98. The molecule has 28 heavy (non-hydrogen) atoms. The molecule has 0 radical (unpaired) electrons. The molecule has 4 rings (SSSR count). The first-order valence-corrected chi connectivity index (χ1v) is 9.93. The molecule has 2 aromatic carbocycles. The van der Waals surface area contributed by atoms with Crippen LogP contribution in [0, 0.1) is 5.82 Å². The Bertz CT molecular complexity index is 1070. The van der Waals surface area contributed by atoms with E-state index >= 15 is 0 Å². The van der Waals surface area contributed by atoms with Gasteiger partial charge in [0.15, 0.2) is 5.16 Å². The van der Waals surface area contributed by atoms with Gasteiger partial charge >= 0.3 is 0 Å². The molecule has 0 saturated heterocycles. The van der Waals surface area contributed by atoms with Gasteiger partial charge in [-0.3, -0.25) is 9.59 Å². The maximum absolute atomic E-state index is 13.0. The quantitative estimate of drug-likeness (QED) is 0.532. The van der Waals surface area contributed by atoms with Gasteiger partial charge in [-0.2, -0.15) is 0 Å². The zero-order valence-corrected chi connectivity index (χ0v) is 15.8. The Labute approximate surface area is 165 Å². The van der Waals surface area contributed by atoms with Crippen LogP contribution >= 0.6 is 11.8 Å². The van der Waals surface area contributed by atoms with Crippen LogP contribution in [0.2, 0.25) is 0 Å². The number of anilines is 1. The number of para-hydroxylation sites is 1. The van der Waals surface area contributed by atoms with E-state index in [1.54, 1.807) is 17.0 Å². The number of carbonyl (C=O) groups excluding carboxylic acids is 1. The van der Waals surface area contributed by atoms with Crippen LogP contribution in [0.1, 0.15) is 16.8 Å². The Morgan fingerprint density at radius 1 is 1.18 bits per heavy atom. The van der Waals surface area contributed by atoms with E-state index < -0.39 is 0 Å². The van der Waals surface area contributed by atoms with Gasteiger partial charge in [0, 0.05) is 24.1 Å². The van der Waals surface area contributed by atoms with Gasteiger partial charge in [-0.1, -0.05) is 42.1 Å². The van der Waals surface area contributed by atoms with Crippen molar-refractivity contribution in [3.63, 3.8) is 0 Å². The lowest BCUT2D eigenvalue weighted by Crippen LogP contribution is -2.31. The molecule has 1 N–H and O–H groups in total. The first kappa shape index (κ1) is 18.4. The van der Waals surface area contributed by atoms with E-state index in [-0.39, 0.29) is 23.7 Å². The van der Waals surface area contributed by atoms with Gasteiger partial charge in [0.05, 0.1) is 12.1 Å². The number of thioether (sulfide) groups is 1. The van der Waals surface area contributed by atoms with Crippen molar-refractivity contribution in [2.24, 2.45) is 0 Å². The Balaban J connectivity index is 1.46. The molecule has 142 valence electrons. The fourth-order valence-electron chi connectivity index (χ4n) is 3.22. The second-order valence-corrected chi connectivity index (χ2v) is 7.52. The van der Waals surface area contributed by atoms with Gasteiger partial charge in [0.25, 0.3) is 5.56 Å². The van der Waals surface area contributed by atoms with E-state index in [9.17, 15) is 14.0 Å². The second-order valence-electron chi connectivity index (χ2n) is 6.56. The molecule has 0 spiro atoms. The smallest absolute Gasteiger partial charge is 0.251 e. The fourth-order valence-corrected chi connectivity index (χ4v) is 4.07. The number of carbonyl (C=O) groups is 1. The summed E-state index contributed by atoms with van der Waals surface area (Å²) in [5.74, 6) is 0.182. The summed E-state index contributed by atoms with van der Waals surface area (Å²) in [5.41, 5.74) is 3.17. The lowest BCUT2D eigenvalue weighted by atomic mass is 10.2. The Morgan fingerprint density at radius 2 is 1.96 bits per heavy atom. The van der Waals surface area contributed by atoms with E-state index in [0.29, 0.717) is 23.1 Å². The van der Waals surface area contributed by atoms with Gasteiger partial charge in [-0.25, -0.2) is 9.37 Å². The minimum atomic E-state index is -0.291. The first-order valence-electron chi connectivity index (χ1n) is 8.94. The summed E-state index contributed by atoms with van der Waals surface area (Å²) < 4.78 is 13.0. The molecular weight excluding hydrogens is 377 g/mol. The van der Waals surface area contributed by atoms with Crippen LogP contribution in [-0.4, -0.2) is 22.4 Å². The normalized spacial score (nSPS) is 12.8. The number of benzene rings is 2. The molecule has 0 bridgehead atoms. The van der Waals surface area contributed by atoms with Gasteiger partial charge < -0.3 is 9.88 Å². The number of rotatable bonds is 5. The third kappa shape index (κ3) is 4.14. The van der Waals surface area contributed by atoms with E-state index in [2.05, 4.69) is 9.97 Å². The summed E-state index contributed by atoms with van der Waals surface area (Å²) in [5, 5.41) is 0.446. The summed E-state index contributed by atoms with van der Waals surface area (Å²) in [6.07, 6.45) is 0.909. The van der Waals surface area contributed by atoms with Crippen LogP contribution in [0.25, 0.3) is 0 Å². The number of amides is 1. The zero-order valence-electron chi connectivity index (χ0n) is 15.0. The molecule has 7 heteroatoms. The van der Waals surface area contributed by atoms with Crippen LogP contribution in [0.3, 0.4) is 0 Å². The minimum absolute atomic E-state index is 0.0717. The number of halogens is 1. The van der Waals surface area contributed by atoms with Crippen molar-refractivity contribution in [2.75, 3.05) is 11.4 Å². The number of H-pyrrole nitrogens is 1. The van der Waals surface area contributed by atoms with Crippen molar-refractivity contribution in [2.45, 2.75) is 23.8 Å². The van der Waals surface area contributed by atoms with Crippen molar-refractivity contribution in [1.82, 2.24) is 9.97 Å². The van der Waals surface area contributed by atoms with Crippen molar-refractivity contribution >= 4 is 23.4 Å². The third-order valence-electron chi connectivity index (χ3n) is 4.58. The van der Waals surface area contributed by atoms with Crippen molar-refractivity contribution in [3.8, 4) is 0 Å². The summed E-state index contributed by atoms with van der Waals surface area (Å²) in [6.45, 7) is 0.646. The Kier molecular flexibility index (Phi) is 5.25. The van der Waals surface area contributed by atoms with Crippen LogP contribution in [-0.2, 0) is 23.4 Å². The van der Waals surface area contributed by atoms with Crippen LogP contribution in [0.5, 0.6) is 0 Å². The van der Waals surface area contributed by atoms with Crippen LogP contribution < -0.4 is 10.5 Å². The highest BCUT2D eigenvalue weighted by atomic mass is 32.2. The molecule has 0 saturated carbocycles. The number of aromatic nitrogens is 2. The minimum Gasteiger partial charge on any atom is -0.311 e. The monoisotopic (exact) mass is 395 g/mol. The Morgan fingerprint density at radius 3 is 2.79 bits per heavy atom. The number of fused-ring (bicyclic) bond motifs is 1. The van der Waals surface area contributed by atoms with Crippen LogP contribution in [0.4, 0.5) is 10.1 Å². The molecule has 1 aliphatic rings. The number of nitrogens with zero attached hydrogens (tertiary/aromatic N) is 2. The molecule has 0 atom stereocenters. The van der Waals surface area contributed by atoms with E-state index in [0.717, 1.165) is 23.2 Å². The number of hydrogen-bond acceptors (Lipinski definition) is 4. The van der Waals surface area contributed by atoms with Crippen molar-refractivity contribution in [3.05, 3.63) is 87.6 Å². The van der Waals surface area contributed by atoms with Gasteiger partial charge in [0.1, 0.15) is 5.82 Å². The lowest BCUT2D eigenvalue weighted by Gasteiger charge is -2.17. The molecule has 0 unspecified atom stereocenters. The third-order valence-corrected chi connectivity index (χ3v) is 5.53. The zero-order chi connectivity index (χ0) is 19.5. The number of nitrogens with one attached hydrogen (secondary N) is 1. The molecular formula is C21H18FN3O2S. The molecule has 1 amide bonds. The molecule has 1 aliphatic heterocycles. The summed E-state index contributed by atoms with van der Waals surface area (Å²) >= 11 is 1.34. The maximum atomic E-state index is 13.0. The van der Waals surface area contributed by atoms with Crippen LogP contribution in [0.15, 0.2) is 64.5 Å². The molecule has 0 aliphatic carbocycles. The second kappa shape index (κ2) is 7.98. The number of hydrogen-bond donors (Lipinski definition) is 1. The molecule has 3 aromatic rings. The average Bonchev–Trinajstić information content (AvgIpc) is 3.11. The topological polar surface area (TPSA) is 66.1 Å². The first-order chi connectivity index (χ1) is 13.6. The van der Waals surface area contributed by atoms with Gasteiger partial charge in [-0.15, -0.1) is 0 Å². The fraction of sp³-hybridized carbons (Fsp3) is 0.190. The van der Waals surface area contributed by atoms with Crippen molar-refractivity contribution < 1.29 is 9.18 Å². The largest absolute Gasteiger partial charge is 0.311 e. The molecule has 5 nitrogen and oxygen atoms in total. The highest BCUT2D eigenvalue weighted by Crippen LogP contribution is 2.28. The molecule has 0 fully saturated rings. The summed E-state index contributed by atoms with van der Waals surface area (Å²) in [7, 11) is 0. The summed E-state index contributed by atoms with van der Waals surface area (Å²) in [4.78, 5) is 33.6. The number of aromatic amines is 1. The lowest BCUT2D eigenvalue weighted by molar-refractivity contribution is -0.117. The summed E-state index contributed by atoms with van der Waals surface area (Å²) in [6, 6.07) is 15.4. The van der Waals surface area contributed by atoms with E-state index in [1.165, 1.54) is 30.0 Å². The van der Waals surface area contributed by atoms with E-state index in [4.69, 9.17) is 0 Å². The van der Waals surface area contributed by atoms with Crippen molar-refractivity contribution in [1.29, 1.82) is 0 Å². The maximum Gasteiger partial charge on any atom is 0.251 e. The predicted molar refractivity (Wildman–Crippen MR) is 107 cm³/mol. The van der Waals surface area contributed by atoms with E-state index in [1.807, 2.05) is 24.3 Å². The highest BCUT2D eigenvalue weighted by Gasteiger charge is 2.24. The molecule has 2 heterocycles. The molecule has 1 aromatic heterocycles. The standard InChI is InChI=1S/C21H18FN3O2S/c22-16-7-5-14(6-8-16)13-28-21-23-17(11-19(26)24-21)12-20(27)25-10-9-15-3-1-2-4-18(15)25/h1-8,11H,9-10,12-13H2,(H,23,24,26). The predicted octanol–water partition coefficient (Wildman–Crippen LogP) is 3.33. The SMILES string of the molecule is O=C(Cc1cc(=O)[nH]c(SCc2ccc(F)cc2)n1)N1CCc2ccccc21. The van der Waals surface area contributed by atoms with Gasteiger partial charge in [-0.05, 0) is 35.7 Å². The average molecular weight is 395 g/mol.